The Kier molecular flexibility index (Phi) is 4.15. The normalized spacial score (nSPS) is 15.7. The monoisotopic (exact) mass is 377 g/mol. The zero-order chi connectivity index (χ0) is 16.5. The Morgan fingerprint density at radius 1 is 1.00 bits per heavy atom. The number of benzene rings is 2. The molecule has 4 rings (SSSR count). The molecule has 1 nitrogen and oxygen atoms in total. The zero-order valence-corrected chi connectivity index (χ0v) is 15.4. The van der Waals surface area contributed by atoms with Crippen molar-refractivity contribution in [3.8, 4) is 0 Å². The fourth-order valence-corrected chi connectivity index (χ4v) is 4.07. The summed E-state index contributed by atoms with van der Waals surface area (Å²) >= 11 is 3.69. The standard InChI is InChI=1S/C22H20BrN/c1-2-16-7-3-4-8-17(16)13-14-24-21-10-6-5-9-19(21)20-15-18(23)11-12-22(20)24/h2-10,13,15H,11-12,14H2,1H3/b16-2-,17-13-. The van der Waals surface area contributed by atoms with Crippen molar-refractivity contribution in [1.82, 2.24) is 4.57 Å². The van der Waals surface area contributed by atoms with Crippen LogP contribution in [0.4, 0.5) is 0 Å². The molecule has 0 amide bonds. The highest BCUT2D eigenvalue weighted by Crippen LogP contribution is 2.35. The van der Waals surface area contributed by atoms with Crippen LogP contribution < -0.4 is 10.4 Å². The second kappa shape index (κ2) is 6.45. The molecule has 3 aromatic rings. The Hall–Kier alpha value is -2.06. The van der Waals surface area contributed by atoms with Crippen molar-refractivity contribution in [1.29, 1.82) is 0 Å². The van der Waals surface area contributed by atoms with Crippen LogP contribution in [0.25, 0.3) is 29.1 Å². The van der Waals surface area contributed by atoms with Crippen LogP contribution in [0.15, 0.2) is 53.0 Å². The van der Waals surface area contributed by atoms with Gasteiger partial charge in [-0.1, -0.05) is 70.5 Å². The van der Waals surface area contributed by atoms with Gasteiger partial charge < -0.3 is 4.57 Å². The molecular weight excluding hydrogens is 358 g/mol. The minimum Gasteiger partial charge on any atom is -0.340 e. The van der Waals surface area contributed by atoms with E-state index in [1.807, 2.05) is 0 Å². The number of para-hydroxylation sites is 1. The number of allylic oxidation sites excluding steroid dienone is 1. The maximum absolute atomic E-state index is 3.69. The number of fused-ring (bicyclic) bond motifs is 3. The van der Waals surface area contributed by atoms with E-state index in [1.165, 1.54) is 37.1 Å². The summed E-state index contributed by atoms with van der Waals surface area (Å²) in [6.07, 6.45) is 8.99. The largest absolute Gasteiger partial charge is 0.340 e. The van der Waals surface area contributed by atoms with Crippen molar-refractivity contribution in [3.63, 3.8) is 0 Å². The molecule has 24 heavy (non-hydrogen) atoms. The minimum atomic E-state index is 0.909. The van der Waals surface area contributed by atoms with Crippen LogP contribution in [0, 0.1) is 0 Å². The first kappa shape index (κ1) is 15.5. The quantitative estimate of drug-likeness (QED) is 0.614. The van der Waals surface area contributed by atoms with Gasteiger partial charge in [-0.2, -0.15) is 0 Å². The summed E-state index contributed by atoms with van der Waals surface area (Å²) in [4.78, 5) is 0. The fourth-order valence-electron chi connectivity index (χ4n) is 3.64. The van der Waals surface area contributed by atoms with Crippen molar-refractivity contribution in [2.75, 3.05) is 0 Å². The molecule has 2 aromatic carbocycles. The summed E-state index contributed by atoms with van der Waals surface area (Å²) in [6, 6.07) is 17.3. The first-order valence-corrected chi connectivity index (χ1v) is 9.25. The number of hydrogen-bond acceptors (Lipinski definition) is 0. The lowest BCUT2D eigenvalue weighted by Crippen LogP contribution is -2.24. The van der Waals surface area contributed by atoms with E-state index in [1.54, 1.807) is 0 Å². The van der Waals surface area contributed by atoms with Crippen molar-refractivity contribution in [2.24, 2.45) is 0 Å². The molecule has 0 saturated carbocycles. The highest BCUT2D eigenvalue weighted by molar-refractivity contribution is 9.11. The number of nitrogens with zero attached hydrogens (tertiary/aromatic N) is 1. The molecule has 0 saturated heterocycles. The molecule has 1 aliphatic carbocycles. The summed E-state index contributed by atoms with van der Waals surface area (Å²) in [5.74, 6) is 0. The number of hydrogen-bond donors (Lipinski definition) is 0. The molecule has 0 atom stereocenters. The van der Waals surface area contributed by atoms with Crippen molar-refractivity contribution < 1.29 is 0 Å². The molecule has 1 aromatic heterocycles. The molecule has 0 aliphatic heterocycles. The van der Waals surface area contributed by atoms with Gasteiger partial charge >= 0.3 is 0 Å². The summed E-state index contributed by atoms with van der Waals surface area (Å²) in [7, 11) is 0. The molecule has 0 unspecified atom stereocenters. The Bertz CT molecular complexity index is 1050. The molecule has 1 heterocycles. The van der Waals surface area contributed by atoms with Gasteiger partial charge in [0.05, 0.1) is 0 Å². The van der Waals surface area contributed by atoms with Gasteiger partial charge in [0.1, 0.15) is 0 Å². The predicted molar refractivity (Wildman–Crippen MR) is 107 cm³/mol. The third kappa shape index (κ3) is 2.65. The SMILES string of the molecule is C/C=c1/cccc/c1=C/Cn1c2c(c3ccccc31)C=C(Br)CC2. The average Bonchev–Trinajstić information content (AvgIpc) is 2.93. The van der Waals surface area contributed by atoms with Gasteiger partial charge in [-0.3, -0.25) is 0 Å². The van der Waals surface area contributed by atoms with Crippen LogP contribution in [0.2, 0.25) is 0 Å². The molecule has 0 N–H and O–H groups in total. The summed E-state index contributed by atoms with van der Waals surface area (Å²) < 4.78 is 3.78. The number of rotatable bonds is 2. The van der Waals surface area contributed by atoms with Gasteiger partial charge in [-0.15, -0.1) is 0 Å². The molecular formula is C22H20BrN. The summed E-state index contributed by atoms with van der Waals surface area (Å²) in [5, 5.41) is 3.96. The van der Waals surface area contributed by atoms with Crippen LogP contribution >= 0.6 is 15.9 Å². The second-order valence-electron chi connectivity index (χ2n) is 6.20. The zero-order valence-electron chi connectivity index (χ0n) is 13.8. The Morgan fingerprint density at radius 2 is 1.75 bits per heavy atom. The lowest BCUT2D eigenvalue weighted by molar-refractivity contribution is 0.785. The topological polar surface area (TPSA) is 4.93 Å². The van der Waals surface area contributed by atoms with Gasteiger partial charge in [0.25, 0.3) is 0 Å². The maximum Gasteiger partial charge on any atom is 0.0491 e. The van der Waals surface area contributed by atoms with E-state index in [-0.39, 0.29) is 0 Å². The summed E-state index contributed by atoms with van der Waals surface area (Å²) in [5.41, 5.74) is 4.16. The van der Waals surface area contributed by atoms with Gasteiger partial charge in [0.15, 0.2) is 0 Å². The van der Waals surface area contributed by atoms with Crippen molar-refractivity contribution in [3.05, 3.63) is 74.7 Å². The smallest absolute Gasteiger partial charge is 0.0491 e. The van der Waals surface area contributed by atoms with Crippen LogP contribution in [-0.4, -0.2) is 4.57 Å². The van der Waals surface area contributed by atoms with E-state index in [2.05, 4.69) is 94.2 Å². The Labute approximate surface area is 150 Å². The molecule has 0 spiro atoms. The molecule has 0 bridgehead atoms. The third-order valence-corrected chi connectivity index (χ3v) is 5.45. The number of aromatic nitrogens is 1. The predicted octanol–water partition coefficient (Wildman–Crippen LogP) is 4.60. The van der Waals surface area contributed by atoms with E-state index >= 15 is 0 Å². The van der Waals surface area contributed by atoms with Gasteiger partial charge in [0, 0.05) is 28.7 Å². The van der Waals surface area contributed by atoms with E-state index in [0.717, 1.165) is 19.4 Å². The van der Waals surface area contributed by atoms with Crippen molar-refractivity contribution >= 4 is 45.1 Å². The van der Waals surface area contributed by atoms with Crippen LogP contribution in [0.5, 0.6) is 0 Å². The van der Waals surface area contributed by atoms with E-state index in [0.29, 0.717) is 0 Å². The molecule has 120 valence electrons. The molecule has 1 aliphatic rings. The highest BCUT2D eigenvalue weighted by atomic mass is 79.9. The molecule has 0 radical (unpaired) electrons. The van der Waals surface area contributed by atoms with Gasteiger partial charge in [0.2, 0.25) is 0 Å². The highest BCUT2D eigenvalue weighted by Gasteiger charge is 2.18. The second-order valence-corrected chi connectivity index (χ2v) is 7.22. The van der Waals surface area contributed by atoms with Gasteiger partial charge in [-0.25, -0.2) is 0 Å². The van der Waals surface area contributed by atoms with E-state index in [4.69, 9.17) is 0 Å². The van der Waals surface area contributed by atoms with Crippen molar-refractivity contribution in [2.45, 2.75) is 26.3 Å². The molecule has 0 fully saturated rings. The fraction of sp³-hybridized carbons (Fsp3) is 0.182. The van der Waals surface area contributed by atoms with Crippen LogP contribution in [-0.2, 0) is 13.0 Å². The first-order chi connectivity index (χ1) is 11.8. The van der Waals surface area contributed by atoms with Crippen LogP contribution in [0.1, 0.15) is 24.6 Å². The van der Waals surface area contributed by atoms with E-state index in [9.17, 15) is 0 Å². The maximum atomic E-state index is 3.69. The average molecular weight is 378 g/mol. The number of halogens is 1. The van der Waals surface area contributed by atoms with Crippen LogP contribution in [0.3, 0.4) is 0 Å². The Morgan fingerprint density at radius 3 is 2.58 bits per heavy atom. The lowest BCUT2D eigenvalue weighted by atomic mass is 10.0. The lowest BCUT2D eigenvalue weighted by Gasteiger charge is -2.13. The first-order valence-electron chi connectivity index (χ1n) is 8.45. The van der Waals surface area contributed by atoms with E-state index < -0.39 is 0 Å². The Balaban J connectivity index is 1.89. The summed E-state index contributed by atoms with van der Waals surface area (Å²) in [6.45, 7) is 3.01. The minimum absolute atomic E-state index is 0.909. The van der Waals surface area contributed by atoms with Gasteiger partial charge in [-0.05, 0) is 46.8 Å². The third-order valence-electron chi connectivity index (χ3n) is 4.82. The molecule has 2 heteroatoms.